The van der Waals surface area contributed by atoms with Gasteiger partial charge in [-0.25, -0.2) is 0 Å². The van der Waals surface area contributed by atoms with Crippen molar-refractivity contribution in [2.45, 2.75) is 25.8 Å². The first-order valence-corrected chi connectivity index (χ1v) is 9.49. The van der Waals surface area contributed by atoms with Crippen molar-refractivity contribution in [1.82, 2.24) is 9.80 Å². The number of carbonyl (C=O) groups is 2. The van der Waals surface area contributed by atoms with Crippen LogP contribution >= 0.6 is 0 Å². The Kier molecular flexibility index (Phi) is 6.12. The highest BCUT2D eigenvalue weighted by molar-refractivity contribution is 7.58. The van der Waals surface area contributed by atoms with Gasteiger partial charge in [0.15, 0.2) is 0 Å². The number of anilines is 1. The normalized spacial score (nSPS) is 17.2. The second kappa shape index (κ2) is 8.52. The lowest BCUT2D eigenvalue weighted by molar-refractivity contribution is -0.139. The number of fused-ring (bicyclic) bond motifs is 1. The van der Waals surface area contributed by atoms with Crippen LogP contribution in [0.5, 0.6) is 0 Å². The van der Waals surface area contributed by atoms with E-state index in [0.29, 0.717) is 12.2 Å². The van der Waals surface area contributed by atoms with Crippen LogP contribution in [0.25, 0.3) is 0 Å². The lowest BCUT2D eigenvalue weighted by Crippen LogP contribution is -2.48. The number of benzene rings is 1. The van der Waals surface area contributed by atoms with E-state index in [9.17, 15) is 9.59 Å². The number of hydrogen-bond donors (Lipinski definition) is 2. The molecule has 2 aliphatic heterocycles. The summed E-state index contributed by atoms with van der Waals surface area (Å²) >= 11 is 1.13. The van der Waals surface area contributed by atoms with E-state index in [1.165, 1.54) is 0 Å². The maximum absolute atomic E-state index is 12.4. The zero-order valence-electron chi connectivity index (χ0n) is 14.7. The lowest BCUT2D eigenvalue weighted by Gasteiger charge is -2.37. The van der Waals surface area contributed by atoms with Gasteiger partial charge in [0.25, 0.3) is 0 Å². The summed E-state index contributed by atoms with van der Waals surface area (Å²) in [5, 5.41) is 11.9. The average Bonchev–Trinajstić information content (AvgIpc) is 3.10. The van der Waals surface area contributed by atoms with Gasteiger partial charge in [0.1, 0.15) is 11.4 Å². The van der Waals surface area contributed by atoms with Crippen LogP contribution < -0.4 is 5.32 Å². The number of nitrogens with one attached hydrogen (secondary N) is 1. The zero-order chi connectivity index (χ0) is 18.5. The summed E-state index contributed by atoms with van der Waals surface area (Å²) in [4.78, 5) is 27.4. The van der Waals surface area contributed by atoms with Gasteiger partial charge < -0.3 is 10.4 Å². The monoisotopic (exact) mass is 377 g/mol. The predicted molar refractivity (Wildman–Crippen MR) is 101 cm³/mol. The van der Waals surface area contributed by atoms with Crippen molar-refractivity contribution in [2.24, 2.45) is 8.73 Å². The number of nitrogens with zero attached hydrogens (tertiary/aromatic N) is 4. The van der Waals surface area contributed by atoms with Crippen LogP contribution in [-0.2, 0) is 20.9 Å². The SMILES string of the molecule is CCN(CC(=O)O)C1CCN(CC(=O)Nc2cccc3c2N=S=N3)CC1. The molecule has 2 N–H and O–H groups in total. The van der Waals surface area contributed by atoms with E-state index in [-0.39, 0.29) is 18.5 Å². The van der Waals surface area contributed by atoms with Gasteiger partial charge in [-0.05, 0) is 31.5 Å². The van der Waals surface area contributed by atoms with E-state index in [1.54, 1.807) is 0 Å². The minimum Gasteiger partial charge on any atom is -0.480 e. The minimum atomic E-state index is -0.792. The van der Waals surface area contributed by atoms with Crippen molar-refractivity contribution in [1.29, 1.82) is 0 Å². The number of aliphatic carboxylic acids is 1. The third-order valence-corrected chi connectivity index (χ3v) is 5.29. The lowest BCUT2D eigenvalue weighted by atomic mass is 10.0. The fraction of sp³-hybridized carbons (Fsp3) is 0.529. The molecule has 3 rings (SSSR count). The fourth-order valence-electron chi connectivity index (χ4n) is 3.42. The maximum Gasteiger partial charge on any atom is 0.317 e. The number of likely N-dealkylation sites (tertiary alicyclic amines) is 1. The first kappa shape index (κ1) is 18.7. The summed E-state index contributed by atoms with van der Waals surface area (Å²) < 4.78 is 8.41. The first-order chi connectivity index (χ1) is 12.6. The largest absolute Gasteiger partial charge is 0.480 e. The van der Waals surface area contributed by atoms with Crippen LogP contribution in [-0.4, -0.2) is 65.5 Å². The molecule has 0 unspecified atom stereocenters. The Morgan fingerprint density at radius 3 is 2.81 bits per heavy atom. The molecule has 1 fully saturated rings. The van der Waals surface area contributed by atoms with E-state index >= 15 is 0 Å². The third kappa shape index (κ3) is 4.54. The Labute approximate surface area is 156 Å². The highest BCUT2D eigenvalue weighted by Crippen LogP contribution is 2.38. The molecule has 8 nitrogen and oxygen atoms in total. The van der Waals surface area contributed by atoms with Crippen LogP contribution in [0.3, 0.4) is 0 Å². The standard InChI is InChI=1S/C17H23N5O3S/c1-2-22(11-16(24)25)12-6-8-21(9-7-12)10-15(23)18-13-4-3-5-14-17(13)20-26-19-14/h3-5,12H,2,6-11H2,1H3,(H,18,23)(H,24,25). The quantitative estimate of drug-likeness (QED) is 0.771. The van der Waals surface area contributed by atoms with Gasteiger partial charge in [-0.1, -0.05) is 13.0 Å². The molecule has 0 saturated carbocycles. The van der Waals surface area contributed by atoms with Gasteiger partial charge in [0.2, 0.25) is 5.91 Å². The summed E-state index contributed by atoms with van der Waals surface area (Å²) in [5.41, 5.74) is 2.19. The molecule has 0 radical (unpaired) electrons. The van der Waals surface area contributed by atoms with Crippen LogP contribution in [0.2, 0.25) is 0 Å². The molecule has 9 heteroatoms. The first-order valence-electron chi connectivity index (χ1n) is 8.76. The van der Waals surface area contributed by atoms with Gasteiger partial charge in [-0.15, -0.1) is 0 Å². The molecule has 2 heterocycles. The Morgan fingerprint density at radius 1 is 1.35 bits per heavy atom. The molecular formula is C17H23N5O3S. The molecule has 0 aromatic heterocycles. The van der Waals surface area contributed by atoms with Crippen molar-refractivity contribution < 1.29 is 14.7 Å². The van der Waals surface area contributed by atoms with Crippen LogP contribution in [0.4, 0.5) is 17.1 Å². The van der Waals surface area contributed by atoms with Gasteiger partial charge in [0, 0.05) is 19.1 Å². The van der Waals surface area contributed by atoms with E-state index in [2.05, 4.69) is 18.9 Å². The Bertz CT molecular complexity index is 755. The number of rotatable bonds is 7. The van der Waals surface area contributed by atoms with Crippen molar-refractivity contribution >= 4 is 40.3 Å². The summed E-state index contributed by atoms with van der Waals surface area (Å²) in [6.45, 7) is 4.69. The van der Waals surface area contributed by atoms with E-state index in [0.717, 1.165) is 55.2 Å². The second-order valence-corrected chi connectivity index (χ2v) is 6.98. The van der Waals surface area contributed by atoms with Crippen LogP contribution in [0.15, 0.2) is 26.9 Å². The van der Waals surface area contributed by atoms with E-state index in [4.69, 9.17) is 5.11 Å². The van der Waals surface area contributed by atoms with E-state index in [1.807, 2.05) is 30.0 Å². The number of carboxylic acids is 1. The minimum absolute atomic E-state index is 0.0677. The number of carbonyl (C=O) groups excluding carboxylic acids is 1. The molecule has 140 valence electrons. The number of amides is 1. The predicted octanol–water partition coefficient (Wildman–Crippen LogP) is 2.22. The molecule has 1 amide bonds. The molecule has 0 spiro atoms. The van der Waals surface area contributed by atoms with Crippen molar-refractivity contribution in [3.8, 4) is 0 Å². The summed E-state index contributed by atoms with van der Waals surface area (Å²) in [6.07, 6.45) is 1.75. The highest BCUT2D eigenvalue weighted by atomic mass is 32.1. The molecule has 1 aromatic rings. The summed E-state index contributed by atoms with van der Waals surface area (Å²) in [7, 11) is 0. The smallest absolute Gasteiger partial charge is 0.317 e. The molecule has 0 bridgehead atoms. The summed E-state index contributed by atoms with van der Waals surface area (Å²) in [5.74, 6) is -0.860. The molecule has 1 aromatic carbocycles. The van der Waals surface area contributed by atoms with Gasteiger partial charge in [-0.2, -0.15) is 8.73 Å². The van der Waals surface area contributed by atoms with Gasteiger partial charge >= 0.3 is 5.97 Å². The van der Waals surface area contributed by atoms with Gasteiger partial charge in [-0.3, -0.25) is 19.4 Å². The fourth-order valence-corrected chi connectivity index (χ4v) is 3.96. The Morgan fingerprint density at radius 2 is 2.12 bits per heavy atom. The van der Waals surface area contributed by atoms with Crippen molar-refractivity contribution in [3.05, 3.63) is 18.2 Å². The highest BCUT2D eigenvalue weighted by Gasteiger charge is 2.26. The van der Waals surface area contributed by atoms with Crippen LogP contribution in [0, 0.1) is 0 Å². The molecule has 1 saturated heterocycles. The Balaban J connectivity index is 1.49. The average molecular weight is 377 g/mol. The molecular weight excluding hydrogens is 354 g/mol. The van der Waals surface area contributed by atoms with Crippen molar-refractivity contribution in [3.63, 3.8) is 0 Å². The summed E-state index contributed by atoms with van der Waals surface area (Å²) in [6, 6.07) is 5.83. The molecule has 2 aliphatic rings. The number of carboxylic acid groups (broad SMARTS) is 1. The van der Waals surface area contributed by atoms with Crippen molar-refractivity contribution in [2.75, 3.05) is 38.0 Å². The number of piperidine rings is 1. The maximum atomic E-state index is 12.4. The molecule has 0 atom stereocenters. The Hall–Kier alpha value is -2.10. The third-order valence-electron chi connectivity index (χ3n) is 4.75. The molecule has 0 aliphatic carbocycles. The van der Waals surface area contributed by atoms with E-state index < -0.39 is 5.97 Å². The molecule has 26 heavy (non-hydrogen) atoms. The van der Waals surface area contributed by atoms with Gasteiger partial charge in [0.05, 0.1) is 30.1 Å². The number of likely N-dealkylation sites (N-methyl/N-ethyl adjacent to an activating group) is 1. The number of hydrogen-bond acceptors (Lipinski definition) is 6. The second-order valence-electron chi connectivity index (χ2n) is 6.45. The zero-order valence-corrected chi connectivity index (χ0v) is 15.5. The van der Waals surface area contributed by atoms with Crippen LogP contribution in [0.1, 0.15) is 19.8 Å². The topological polar surface area (TPSA) is 97.6 Å².